The van der Waals surface area contributed by atoms with Crippen LogP contribution < -0.4 is 10.6 Å². The van der Waals surface area contributed by atoms with E-state index in [-0.39, 0.29) is 30.0 Å². The third-order valence-electron chi connectivity index (χ3n) is 3.31. The van der Waals surface area contributed by atoms with E-state index in [1.807, 2.05) is 33.0 Å². The van der Waals surface area contributed by atoms with Crippen LogP contribution in [0.3, 0.4) is 0 Å². The maximum atomic E-state index is 6.26. The van der Waals surface area contributed by atoms with Crippen LogP contribution >= 0.6 is 47.2 Å². The molecule has 0 saturated heterocycles. The van der Waals surface area contributed by atoms with Gasteiger partial charge in [0, 0.05) is 23.6 Å². The topological polar surface area (TPSA) is 67.1 Å². The van der Waals surface area contributed by atoms with Crippen molar-refractivity contribution in [1.82, 2.24) is 25.4 Å². The summed E-state index contributed by atoms with van der Waals surface area (Å²) in [7, 11) is 1.84. The summed E-state index contributed by atoms with van der Waals surface area (Å²) in [4.78, 5) is 8.69. The molecule has 0 aliphatic heterocycles. The van der Waals surface area contributed by atoms with E-state index in [9.17, 15) is 0 Å². The Labute approximate surface area is 169 Å². The molecular weight excluding hydrogens is 462 g/mol. The Bertz CT molecular complexity index is 688. The Balaban J connectivity index is 0.00000288. The van der Waals surface area contributed by atoms with Gasteiger partial charge in [-0.1, -0.05) is 29.3 Å². The Morgan fingerprint density at radius 3 is 2.71 bits per heavy atom. The molecule has 2 aromatic rings. The number of hydrogen-bond acceptors (Lipinski definition) is 3. The van der Waals surface area contributed by atoms with E-state index < -0.39 is 0 Å². The highest BCUT2D eigenvalue weighted by Crippen LogP contribution is 2.25. The molecule has 2 N–H and O–H groups in total. The van der Waals surface area contributed by atoms with Crippen molar-refractivity contribution >= 4 is 53.1 Å². The summed E-state index contributed by atoms with van der Waals surface area (Å²) in [5.74, 6) is 1.48. The first-order chi connectivity index (χ1) is 11.0. The van der Waals surface area contributed by atoms with Crippen molar-refractivity contribution in [2.24, 2.45) is 12.0 Å². The fourth-order valence-corrected chi connectivity index (χ4v) is 2.64. The predicted octanol–water partition coefficient (Wildman–Crippen LogP) is 3.56. The van der Waals surface area contributed by atoms with Crippen LogP contribution in [-0.4, -0.2) is 27.3 Å². The average molecular weight is 483 g/mol. The molecule has 9 heteroatoms. The molecule has 0 amide bonds. The molecule has 6 nitrogen and oxygen atoms in total. The summed E-state index contributed by atoms with van der Waals surface area (Å²) in [5, 5.41) is 11.8. The van der Waals surface area contributed by atoms with Crippen molar-refractivity contribution in [2.45, 2.75) is 26.4 Å². The fraction of sp³-hybridized carbons (Fsp3) is 0.400. The van der Waals surface area contributed by atoms with Crippen LogP contribution in [0.5, 0.6) is 0 Å². The van der Waals surface area contributed by atoms with Crippen molar-refractivity contribution in [3.63, 3.8) is 0 Å². The van der Waals surface area contributed by atoms with Gasteiger partial charge in [-0.05, 0) is 31.5 Å². The number of rotatable bonds is 5. The highest BCUT2D eigenvalue weighted by atomic mass is 127. The molecule has 0 aliphatic rings. The summed E-state index contributed by atoms with van der Waals surface area (Å²) in [6.07, 6.45) is 1.52. The van der Waals surface area contributed by atoms with Gasteiger partial charge in [-0.3, -0.25) is 4.68 Å². The summed E-state index contributed by atoms with van der Waals surface area (Å²) in [6.45, 7) is 5.22. The molecule has 2 rings (SSSR count). The van der Waals surface area contributed by atoms with Crippen molar-refractivity contribution in [2.75, 3.05) is 6.54 Å². The molecule has 0 bridgehead atoms. The van der Waals surface area contributed by atoms with E-state index in [0.29, 0.717) is 22.5 Å². The van der Waals surface area contributed by atoms with Gasteiger partial charge in [-0.15, -0.1) is 24.0 Å². The van der Waals surface area contributed by atoms with Crippen LogP contribution in [0.4, 0.5) is 0 Å². The minimum absolute atomic E-state index is 0. The second-order valence-electron chi connectivity index (χ2n) is 5.03. The second kappa shape index (κ2) is 10.0. The molecule has 1 aromatic heterocycles. The van der Waals surface area contributed by atoms with Gasteiger partial charge in [0.05, 0.1) is 6.04 Å². The van der Waals surface area contributed by atoms with Crippen LogP contribution in [0.25, 0.3) is 0 Å². The average Bonchev–Trinajstić information content (AvgIpc) is 2.90. The molecule has 0 saturated carbocycles. The van der Waals surface area contributed by atoms with Crippen LogP contribution in [0.15, 0.2) is 29.5 Å². The number of aromatic nitrogens is 3. The number of nitrogens with one attached hydrogen (secondary N) is 2. The van der Waals surface area contributed by atoms with Gasteiger partial charge >= 0.3 is 0 Å². The molecule has 0 spiro atoms. The number of hydrogen-bond donors (Lipinski definition) is 2. The van der Waals surface area contributed by atoms with Gasteiger partial charge in [0.25, 0.3) is 0 Å². The quantitative estimate of drug-likeness (QED) is 0.388. The van der Waals surface area contributed by atoms with Gasteiger partial charge in [0.2, 0.25) is 0 Å². The Hall–Kier alpha value is -1.06. The van der Waals surface area contributed by atoms with Crippen molar-refractivity contribution in [3.05, 3.63) is 46.0 Å². The lowest BCUT2D eigenvalue weighted by Gasteiger charge is -2.19. The first-order valence-corrected chi connectivity index (χ1v) is 8.09. The van der Waals surface area contributed by atoms with E-state index in [0.717, 1.165) is 17.9 Å². The molecular formula is C15H21Cl2IN6. The van der Waals surface area contributed by atoms with E-state index in [4.69, 9.17) is 23.2 Å². The van der Waals surface area contributed by atoms with Gasteiger partial charge in [-0.2, -0.15) is 5.10 Å². The number of halogens is 3. The summed E-state index contributed by atoms with van der Waals surface area (Å²) >= 11 is 12.2. The summed E-state index contributed by atoms with van der Waals surface area (Å²) in [6, 6.07) is 5.46. The zero-order valence-corrected chi connectivity index (χ0v) is 17.6. The maximum Gasteiger partial charge on any atom is 0.192 e. The van der Waals surface area contributed by atoms with E-state index >= 15 is 0 Å². The van der Waals surface area contributed by atoms with Gasteiger partial charge in [0.1, 0.15) is 18.7 Å². The minimum atomic E-state index is -0.0166. The number of nitrogens with zero attached hydrogens (tertiary/aromatic N) is 4. The Morgan fingerprint density at radius 2 is 2.12 bits per heavy atom. The van der Waals surface area contributed by atoms with Gasteiger partial charge < -0.3 is 10.6 Å². The smallest absolute Gasteiger partial charge is 0.192 e. The van der Waals surface area contributed by atoms with Crippen molar-refractivity contribution in [3.8, 4) is 0 Å². The molecule has 1 unspecified atom stereocenters. The highest BCUT2D eigenvalue weighted by Gasteiger charge is 2.12. The number of benzene rings is 1. The number of guanidine groups is 1. The van der Waals surface area contributed by atoms with Crippen molar-refractivity contribution in [1.29, 1.82) is 0 Å². The number of aryl methyl sites for hydroxylation is 1. The van der Waals surface area contributed by atoms with Crippen LogP contribution in [-0.2, 0) is 13.6 Å². The zero-order valence-electron chi connectivity index (χ0n) is 13.8. The minimum Gasteiger partial charge on any atom is -0.357 e. The third kappa shape index (κ3) is 5.78. The first kappa shape index (κ1) is 21.0. The molecule has 132 valence electrons. The summed E-state index contributed by atoms with van der Waals surface area (Å²) < 4.78 is 1.70. The van der Waals surface area contributed by atoms with Crippen LogP contribution in [0, 0.1) is 0 Å². The predicted molar refractivity (Wildman–Crippen MR) is 109 cm³/mol. The number of aliphatic imine (C=N–C) groups is 1. The molecule has 1 atom stereocenters. The maximum absolute atomic E-state index is 6.26. The Kier molecular flexibility index (Phi) is 8.79. The zero-order chi connectivity index (χ0) is 16.8. The van der Waals surface area contributed by atoms with Crippen LogP contribution in [0.2, 0.25) is 10.0 Å². The van der Waals surface area contributed by atoms with Gasteiger partial charge in [0.15, 0.2) is 5.96 Å². The lowest BCUT2D eigenvalue weighted by Crippen LogP contribution is -2.38. The normalized spacial score (nSPS) is 12.5. The largest absolute Gasteiger partial charge is 0.357 e. The summed E-state index contributed by atoms with van der Waals surface area (Å²) in [5.41, 5.74) is 0.959. The molecule has 24 heavy (non-hydrogen) atoms. The highest BCUT2D eigenvalue weighted by molar-refractivity contribution is 14.0. The molecule has 0 radical (unpaired) electrons. The SMILES string of the molecule is CCNC(=NCc1ncnn1C)NC(C)c1ccc(Cl)cc1Cl.I. The van der Waals surface area contributed by atoms with Crippen LogP contribution in [0.1, 0.15) is 31.3 Å². The van der Waals surface area contributed by atoms with E-state index in [2.05, 4.69) is 25.7 Å². The lowest BCUT2D eigenvalue weighted by molar-refractivity contribution is 0.672. The monoisotopic (exact) mass is 482 g/mol. The lowest BCUT2D eigenvalue weighted by atomic mass is 10.1. The molecule has 0 aliphatic carbocycles. The van der Waals surface area contributed by atoms with E-state index in [1.165, 1.54) is 6.33 Å². The molecule has 1 heterocycles. The van der Waals surface area contributed by atoms with Gasteiger partial charge in [-0.25, -0.2) is 9.98 Å². The third-order valence-corrected chi connectivity index (χ3v) is 3.87. The first-order valence-electron chi connectivity index (χ1n) is 7.34. The van der Waals surface area contributed by atoms with E-state index in [1.54, 1.807) is 10.7 Å². The van der Waals surface area contributed by atoms with Crippen molar-refractivity contribution < 1.29 is 0 Å². The fourth-order valence-electron chi connectivity index (χ4n) is 2.07. The Morgan fingerprint density at radius 1 is 1.38 bits per heavy atom. The second-order valence-corrected chi connectivity index (χ2v) is 5.87. The molecule has 0 fully saturated rings. The standard InChI is InChI=1S/C15H20Cl2N6.HI/c1-4-18-15(19-8-14-20-9-21-23(14)3)22-10(2)12-6-5-11(16)7-13(12)17;/h5-7,9-10H,4,8H2,1-3H3,(H2,18,19,22);1H. The molecule has 1 aromatic carbocycles.